The van der Waals surface area contributed by atoms with E-state index >= 15 is 0 Å². The molecule has 6 nitrogen and oxygen atoms in total. The van der Waals surface area contributed by atoms with Gasteiger partial charge in [-0.25, -0.2) is 0 Å². The van der Waals surface area contributed by atoms with Gasteiger partial charge in [-0.1, -0.05) is 19.3 Å². The van der Waals surface area contributed by atoms with Gasteiger partial charge in [-0.15, -0.1) is 0 Å². The minimum atomic E-state index is -0.0489. The van der Waals surface area contributed by atoms with Gasteiger partial charge in [0.05, 0.1) is 24.3 Å². The first-order chi connectivity index (χ1) is 16.2. The van der Waals surface area contributed by atoms with Gasteiger partial charge in [0.2, 0.25) is 0 Å². The van der Waals surface area contributed by atoms with E-state index in [9.17, 15) is 4.79 Å². The lowest BCUT2D eigenvalue weighted by atomic mass is 9.54. The Balaban J connectivity index is 1.17. The van der Waals surface area contributed by atoms with Gasteiger partial charge < -0.3 is 4.74 Å². The van der Waals surface area contributed by atoms with E-state index in [-0.39, 0.29) is 11.9 Å². The molecule has 1 aromatic rings. The number of hydroxylamine groups is 1. The lowest BCUT2D eigenvalue weighted by Gasteiger charge is -2.54. The normalized spacial score (nSPS) is 35.5. The van der Waals surface area contributed by atoms with Gasteiger partial charge in [0.15, 0.2) is 0 Å². The molecule has 0 aromatic carbocycles. The van der Waals surface area contributed by atoms with Crippen LogP contribution >= 0.6 is 0 Å². The van der Waals surface area contributed by atoms with Crippen molar-refractivity contribution in [3.8, 4) is 0 Å². The van der Waals surface area contributed by atoms with Crippen LogP contribution in [0.25, 0.3) is 0 Å². The molecule has 7 rings (SSSR count). The standard InChI is InChI=1S/C27H41N3O3/c1-2-32-27(31)19-8-9-25-23(15-19)24(28-30(25)22-6-4-3-5-7-22)16-33-29-26-20-11-17-10-18(13-20)14-21(26)12-17/h17-22,26,29H,2-16H2,1H3/t17?,18?,19-,20?,21?,26?/m1/s1. The number of ether oxygens (including phenoxy) is 1. The van der Waals surface area contributed by atoms with Crippen molar-refractivity contribution in [2.75, 3.05) is 6.61 Å². The SMILES string of the molecule is CCOC(=O)[C@@H]1CCc2c(c(CONC3C4CC5CC(C4)CC3C5)nn2C2CCCCC2)C1. The van der Waals surface area contributed by atoms with E-state index in [0.29, 0.717) is 25.3 Å². The van der Waals surface area contributed by atoms with Crippen molar-refractivity contribution in [3.05, 3.63) is 17.0 Å². The lowest BCUT2D eigenvalue weighted by Crippen LogP contribution is -2.54. The molecule has 0 radical (unpaired) electrons. The molecule has 182 valence electrons. The Labute approximate surface area is 198 Å². The van der Waals surface area contributed by atoms with Crippen molar-refractivity contribution in [3.63, 3.8) is 0 Å². The van der Waals surface area contributed by atoms with Crippen LogP contribution in [0.15, 0.2) is 0 Å². The summed E-state index contributed by atoms with van der Waals surface area (Å²) in [5.41, 5.74) is 7.18. The van der Waals surface area contributed by atoms with Gasteiger partial charge >= 0.3 is 5.97 Å². The molecular weight excluding hydrogens is 414 g/mol. The van der Waals surface area contributed by atoms with Crippen LogP contribution in [0.5, 0.6) is 0 Å². The highest BCUT2D eigenvalue weighted by atomic mass is 16.6. The molecule has 6 aliphatic rings. The Morgan fingerprint density at radius 1 is 1.03 bits per heavy atom. The second-order valence-corrected chi connectivity index (χ2v) is 11.7. The summed E-state index contributed by atoms with van der Waals surface area (Å²) in [6.45, 7) is 2.84. The van der Waals surface area contributed by atoms with E-state index in [4.69, 9.17) is 14.7 Å². The third-order valence-electron chi connectivity index (χ3n) is 9.58. The smallest absolute Gasteiger partial charge is 0.309 e. The Kier molecular flexibility index (Phi) is 6.25. The van der Waals surface area contributed by atoms with Crippen LogP contribution in [0.4, 0.5) is 0 Å². The maximum absolute atomic E-state index is 12.5. The number of carbonyl (C=O) groups is 1. The highest BCUT2D eigenvalue weighted by molar-refractivity contribution is 5.73. The van der Waals surface area contributed by atoms with Crippen molar-refractivity contribution in [2.24, 2.45) is 29.6 Å². The summed E-state index contributed by atoms with van der Waals surface area (Å²) in [5.74, 6) is 3.45. The molecule has 0 amide bonds. The number of nitrogens with zero attached hydrogens (tertiary/aromatic N) is 2. The topological polar surface area (TPSA) is 65.4 Å². The molecule has 1 heterocycles. The minimum Gasteiger partial charge on any atom is -0.466 e. The van der Waals surface area contributed by atoms with E-state index in [2.05, 4.69) is 10.2 Å². The quantitative estimate of drug-likeness (QED) is 0.468. The van der Waals surface area contributed by atoms with Crippen LogP contribution in [0.1, 0.15) is 101 Å². The van der Waals surface area contributed by atoms with Gasteiger partial charge in [0.25, 0.3) is 0 Å². The Hall–Kier alpha value is -1.40. The highest BCUT2D eigenvalue weighted by Crippen LogP contribution is 2.53. The van der Waals surface area contributed by atoms with Crippen LogP contribution in [0.2, 0.25) is 0 Å². The average Bonchev–Trinajstić information content (AvgIpc) is 3.19. The molecule has 5 saturated carbocycles. The molecule has 1 aromatic heterocycles. The molecule has 6 heteroatoms. The zero-order valence-corrected chi connectivity index (χ0v) is 20.3. The number of aromatic nitrogens is 2. The zero-order valence-electron chi connectivity index (χ0n) is 20.3. The summed E-state index contributed by atoms with van der Waals surface area (Å²) in [4.78, 5) is 18.7. The first-order valence-corrected chi connectivity index (χ1v) is 13.8. The van der Waals surface area contributed by atoms with E-state index in [1.807, 2.05) is 6.92 Å². The number of fused-ring (bicyclic) bond motifs is 1. The molecule has 0 saturated heterocycles. The van der Waals surface area contributed by atoms with Crippen LogP contribution in [-0.2, 0) is 33.8 Å². The van der Waals surface area contributed by atoms with Gasteiger partial charge in [-0.05, 0) is 100 Å². The van der Waals surface area contributed by atoms with Crippen molar-refractivity contribution >= 4 is 5.97 Å². The molecule has 6 aliphatic carbocycles. The molecule has 33 heavy (non-hydrogen) atoms. The Bertz CT molecular complexity index is 831. The number of rotatable bonds is 7. The summed E-state index contributed by atoms with van der Waals surface area (Å²) in [6, 6.07) is 1.03. The van der Waals surface area contributed by atoms with Crippen LogP contribution in [0, 0.1) is 29.6 Å². The summed E-state index contributed by atoms with van der Waals surface area (Å²) in [7, 11) is 0. The predicted molar refractivity (Wildman–Crippen MR) is 125 cm³/mol. The number of carbonyl (C=O) groups excluding carboxylic acids is 1. The average molecular weight is 456 g/mol. The second-order valence-electron chi connectivity index (χ2n) is 11.7. The van der Waals surface area contributed by atoms with Gasteiger partial charge in [0.1, 0.15) is 6.61 Å². The molecule has 0 aliphatic heterocycles. The maximum atomic E-state index is 12.5. The minimum absolute atomic E-state index is 0.0439. The van der Waals surface area contributed by atoms with Crippen LogP contribution in [-0.4, -0.2) is 28.4 Å². The number of nitrogens with one attached hydrogen (secondary N) is 1. The lowest BCUT2D eigenvalue weighted by molar-refractivity contribution is -0.148. The van der Waals surface area contributed by atoms with E-state index < -0.39 is 0 Å². The third-order valence-corrected chi connectivity index (χ3v) is 9.58. The maximum Gasteiger partial charge on any atom is 0.309 e. The molecule has 0 unspecified atom stereocenters. The van der Waals surface area contributed by atoms with Crippen LogP contribution in [0.3, 0.4) is 0 Å². The zero-order chi connectivity index (χ0) is 22.4. The number of hydrogen-bond acceptors (Lipinski definition) is 5. The predicted octanol–water partition coefficient (Wildman–Crippen LogP) is 4.90. The number of esters is 1. The van der Waals surface area contributed by atoms with Crippen molar-refractivity contribution in [1.82, 2.24) is 15.3 Å². The largest absolute Gasteiger partial charge is 0.466 e. The van der Waals surface area contributed by atoms with Crippen molar-refractivity contribution in [1.29, 1.82) is 0 Å². The fourth-order valence-corrected chi connectivity index (χ4v) is 8.24. The molecule has 5 fully saturated rings. The molecule has 0 spiro atoms. The molecule has 1 N–H and O–H groups in total. The highest BCUT2D eigenvalue weighted by Gasteiger charge is 2.48. The van der Waals surface area contributed by atoms with Gasteiger partial charge in [0, 0.05) is 11.7 Å². The first-order valence-electron chi connectivity index (χ1n) is 13.8. The van der Waals surface area contributed by atoms with Crippen LogP contribution < -0.4 is 5.48 Å². The monoisotopic (exact) mass is 455 g/mol. The van der Waals surface area contributed by atoms with Crippen molar-refractivity contribution < 1.29 is 14.4 Å². The third kappa shape index (κ3) is 4.27. The van der Waals surface area contributed by atoms with E-state index in [0.717, 1.165) is 48.6 Å². The summed E-state index contributed by atoms with van der Waals surface area (Å²) in [5, 5.41) is 5.13. The summed E-state index contributed by atoms with van der Waals surface area (Å²) < 4.78 is 7.70. The molecular formula is C27H41N3O3. The number of hydrogen-bond donors (Lipinski definition) is 1. The molecule has 4 bridgehead atoms. The fourth-order valence-electron chi connectivity index (χ4n) is 8.24. The summed E-state index contributed by atoms with van der Waals surface area (Å²) >= 11 is 0. The molecule has 1 atom stereocenters. The van der Waals surface area contributed by atoms with E-state index in [1.54, 1.807) is 0 Å². The Morgan fingerprint density at radius 2 is 1.76 bits per heavy atom. The van der Waals surface area contributed by atoms with Gasteiger partial charge in [-0.3, -0.25) is 14.3 Å². The summed E-state index contributed by atoms with van der Waals surface area (Å²) in [6.07, 6.45) is 16.0. The fraction of sp³-hybridized carbons (Fsp3) is 0.852. The Morgan fingerprint density at radius 3 is 2.45 bits per heavy atom. The van der Waals surface area contributed by atoms with Crippen molar-refractivity contribution in [2.45, 2.75) is 109 Å². The first kappa shape index (κ1) is 22.1. The second kappa shape index (κ2) is 9.33. The van der Waals surface area contributed by atoms with E-state index in [1.165, 1.54) is 75.5 Å². The van der Waals surface area contributed by atoms with Gasteiger partial charge in [-0.2, -0.15) is 10.6 Å².